The van der Waals surface area contributed by atoms with Crippen molar-refractivity contribution in [3.8, 4) is 11.1 Å². The first kappa shape index (κ1) is 20.5. The first-order chi connectivity index (χ1) is 16.2. The molecule has 0 unspecified atom stereocenters. The third-order valence-corrected chi connectivity index (χ3v) is 7.23. The quantitative estimate of drug-likeness (QED) is 0.483. The van der Waals surface area contributed by atoms with E-state index in [-0.39, 0.29) is 0 Å². The van der Waals surface area contributed by atoms with Crippen molar-refractivity contribution in [2.24, 2.45) is 0 Å². The summed E-state index contributed by atoms with van der Waals surface area (Å²) < 4.78 is 1.90. The van der Waals surface area contributed by atoms with E-state index in [0.717, 1.165) is 52.1 Å². The number of likely N-dealkylation sites (N-methyl/N-ethyl adjacent to an activating group) is 1. The maximum atomic E-state index is 4.83. The van der Waals surface area contributed by atoms with Crippen LogP contribution in [-0.4, -0.2) is 86.7 Å². The van der Waals surface area contributed by atoms with Gasteiger partial charge in [0.25, 0.3) is 0 Å². The average molecular weight is 443 g/mol. The molecule has 170 valence electrons. The number of piperidine rings is 1. The Kier molecular flexibility index (Phi) is 5.19. The van der Waals surface area contributed by atoms with Crippen LogP contribution in [0.25, 0.3) is 27.8 Å². The van der Waals surface area contributed by atoms with Gasteiger partial charge in [-0.3, -0.25) is 14.9 Å². The van der Waals surface area contributed by atoms with Crippen molar-refractivity contribution in [2.45, 2.75) is 25.8 Å². The van der Waals surface area contributed by atoms with Gasteiger partial charge in [-0.15, -0.1) is 0 Å². The molecule has 2 fully saturated rings. The second-order valence-electron chi connectivity index (χ2n) is 9.43. The van der Waals surface area contributed by atoms with Gasteiger partial charge in [0.2, 0.25) is 0 Å². The Morgan fingerprint density at radius 3 is 2.52 bits per heavy atom. The SMILES string of the molecule is Cc1cnc2c(-c3cnn4cc(N5CCC(N6CCN(C)CC6)CC5)cnc34)ccnc2c1. The fourth-order valence-electron chi connectivity index (χ4n) is 5.24. The summed E-state index contributed by atoms with van der Waals surface area (Å²) in [5, 5.41) is 4.64. The molecular formula is C25H30N8. The van der Waals surface area contributed by atoms with Crippen LogP contribution >= 0.6 is 0 Å². The Hall–Kier alpha value is -3.10. The molecule has 2 aliphatic heterocycles. The molecule has 33 heavy (non-hydrogen) atoms. The van der Waals surface area contributed by atoms with Crippen LogP contribution in [-0.2, 0) is 0 Å². The lowest BCUT2D eigenvalue weighted by atomic mass is 10.0. The molecule has 8 heteroatoms. The van der Waals surface area contributed by atoms with E-state index in [1.165, 1.54) is 39.0 Å². The van der Waals surface area contributed by atoms with Gasteiger partial charge in [0, 0.05) is 68.8 Å². The van der Waals surface area contributed by atoms with Crippen LogP contribution in [0, 0.1) is 6.92 Å². The first-order valence-electron chi connectivity index (χ1n) is 11.9. The Morgan fingerprint density at radius 1 is 0.879 bits per heavy atom. The molecule has 0 amide bonds. The minimum Gasteiger partial charge on any atom is -0.369 e. The monoisotopic (exact) mass is 442 g/mol. The Morgan fingerprint density at radius 2 is 1.70 bits per heavy atom. The van der Waals surface area contributed by atoms with E-state index in [2.05, 4.69) is 49.1 Å². The van der Waals surface area contributed by atoms with Gasteiger partial charge >= 0.3 is 0 Å². The third kappa shape index (κ3) is 3.83. The van der Waals surface area contributed by atoms with Gasteiger partial charge in [0.05, 0.1) is 35.3 Å². The molecule has 2 aliphatic rings. The Balaban J connectivity index is 1.23. The molecule has 0 aliphatic carbocycles. The number of nitrogens with zero attached hydrogens (tertiary/aromatic N) is 8. The van der Waals surface area contributed by atoms with E-state index in [1.807, 2.05) is 42.3 Å². The number of aryl methyl sites for hydroxylation is 1. The van der Waals surface area contributed by atoms with E-state index >= 15 is 0 Å². The Bertz CT molecular complexity index is 1280. The van der Waals surface area contributed by atoms with Gasteiger partial charge in [-0.2, -0.15) is 5.10 Å². The molecular weight excluding hydrogens is 412 g/mol. The summed E-state index contributed by atoms with van der Waals surface area (Å²) in [4.78, 5) is 21.5. The van der Waals surface area contributed by atoms with E-state index in [9.17, 15) is 0 Å². The zero-order valence-electron chi connectivity index (χ0n) is 19.4. The number of rotatable bonds is 3. The zero-order chi connectivity index (χ0) is 22.4. The molecule has 0 spiro atoms. The number of anilines is 1. The summed E-state index contributed by atoms with van der Waals surface area (Å²) in [5.41, 5.74) is 6.87. The topological polar surface area (TPSA) is 65.7 Å². The van der Waals surface area contributed by atoms with Gasteiger partial charge in [-0.05, 0) is 44.5 Å². The predicted molar refractivity (Wildman–Crippen MR) is 131 cm³/mol. The van der Waals surface area contributed by atoms with Crippen LogP contribution in [0.4, 0.5) is 5.69 Å². The molecule has 4 aromatic rings. The average Bonchev–Trinajstić information content (AvgIpc) is 3.27. The third-order valence-electron chi connectivity index (χ3n) is 7.23. The van der Waals surface area contributed by atoms with Crippen molar-refractivity contribution in [1.82, 2.24) is 34.4 Å². The van der Waals surface area contributed by atoms with Crippen molar-refractivity contribution < 1.29 is 0 Å². The predicted octanol–water partition coefficient (Wildman–Crippen LogP) is 2.86. The minimum absolute atomic E-state index is 0.707. The van der Waals surface area contributed by atoms with Crippen LogP contribution in [0.15, 0.2) is 43.1 Å². The fraction of sp³-hybridized carbons (Fsp3) is 0.440. The lowest BCUT2D eigenvalue weighted by molar-refractivity contribution is 0.0982. The van der Waals surface area contributed by atoms with E-state index in [0.29, 0.717) is 6.04 Å². The smallest absolute Gasteiger partial charge is 0.163 e. The van der Waals surface area contributed by atoms with Gasteiger partial charge in [0.1, 0.15) is 0 Å². The lowest BCUT2D eigenvalue weighted by Gasteiger charge is -2.42. The Labute approximate surface area is 193 Å². The highest BCUT2D eigenvalue weighted by Gasteiger charge is 2.27. The van der Waals surface area contributed by atoms with E-state index < -0.39 is 0 Å². The molecule has 0 atom stereocenters. The fourth-order valence-corrected chi connectivity index (χ4v) is 5.24. The highest BCUT2D eigenvalue weighted by atomic mass is 15.3. The number of pyridine rings is 2. The summed E-state index contributed by atoms with van der Waals surface area (Å²) >= 11 is 0. The van der Waals surface area contributed by atoms with Crippen molar-refractivity contribution in [1.29, 1.82) is 0 Å². The highest BCUT2D eigenvalue weighted by molar-refractivity contribution is 5.95. The van der Waals surface area contributed by atoms with Crippen LogP contribution in [0.2, 0.25) is 0 Å². The number of hydrogen-bond donors (Lipinski definition) is 0. The van der Waals surface area contributed by atoms with Crippen molar-refractivity contribution in [3.05, 3.63) is 48.7 Å². The van der Waals surface area contributed by atoms with Gasteiger partial charge in [0.15, 0.2) is 5.65 Å². The second kappa shape index (κ2) is 8.35. The number of piperazine rings is 1. The van der Waals surface area contributed by atoms with Crippen LogP contribution in [0.1, 0.15) is 18.4 Å². The number of hydrogen-bond acceptors (Lipinski definition) is 7. The van der Waals surface area contributed by atoms with Crippen LogP contribution in [0.3, 0.4) is 0 Å². The summed E-state index contributed by atoms with van der Waals surface area (Å²) in [6.07, 6.45) is 12.1. The number of fused-ring (bicyclic) bond motifs is 2. The standard InChI is InChI=1S/C25H30N8/c1-18-13-23-24(27-14-18)21(3-6-26-23)22-16-29-33-17-20(15-28-25(22)33)31-7-4-19(5-8-31)32-11-9-30(2)10-12-32/h3,6,13-17,19H,4-5,7-12H2,1-2H3. The van der Waals surface area contributed by atoms with Crippen molar-refractivity contribution in [2.75, 3.05) is 51.2 Å². The van der Waals surface area contributed by atoms with Crippen LogP contribution in [0.5, 0.6) is 0 Å². The molecule has 0 radical (unpaired) electrons. The van der Waals surface area contributed by atoms with Gasteiger partial charge < -0.3 is 9.80 Å². The summed E-state index contributed by atoms with van der Waals surface area (Å²) in [6, 6.07) is 4.77. The summed E-state index contributed by atoms with van der Waals surface area (Å²) in [6.45, 7) is 8.93. The van der Waals surface area contributed by atoms with Crippen molar-refractivity contribution in [3.63, 3.8) is 0 Å². The number of aromatic nitrogens is 5. The van der Waals surface area contributed by atoms with Gasteiger partial charge in [-0.25, -0.2) is 9.50 Å². The molecule has 0 saturated carbocycles. The summed E-state index contributed by atoms with van der Waals surface area (Å²) in [7, 11) is 2.22. The normalized spacial score (nSPS) is 19.0. The maximum absolute atomic E-state index is 4.83. The molecule has 0 bridgehead atoms. The zero-order valence-corrected chi connectivity index (χ0v) is 19.4. The second-order valence-corrected chi connectivity index (χ2v) is 9.43. The lowest BCUT2D eigenvalue weighted by Crippen LogP contribution is -2.52. The molecule has 6 heterocycles. The molecule has 8 nitrogen and oxygen atoms in total. The van der Waals surface area contributed by atoms with E-state index in [4.69, 9.17) is 4.98 Å². The molecule has 2 saturated heterocycles. The van der Waals surface area contributed by atoms with Crippen LogP contribution < -0.4 is 4.90 Å². The largest absolute Gasteiger partial charge is 0.369 e. The molecule has 4 aromatic heterocycles. The molecule has 0 aromatic carbocycles. The van der Waals surface area contributed by atoms with E-state index in [1.54, 1.807) is 0 Å². The summed E-state index contributed by atoms with van der Waals surface area (Å²) in [5.74, 6) is 0. The molecule has 0 N–H and O–H groups in total. The van der Waals surface area contributed by atoms with Crippen molar-refractivity contribution >= 4 is 22.4 Å². The molecule has 6 rings (SSSR count). The first-order valence-corrected chi connectivity index (χ1v) is 11.9. The minimum atomic E-state index is 0.707. The maximum Gasteiger partial charge on any atom is 0.163 e. The van der Waals surface area contributed by atoms with Gasteiger partial charge in [-0.1, -0.05) is 0 Å². The highest BCUT2D eigenvalue weighted by Crippen LogP contribution is 2.30.